The fourth-order valence-corrected chi connectivity index (χ4v) is 1.48. The number of carbonyl (C=O) groups excluding carboxylic acids is 1. The molecule has 2 N–H and O–H groups in total. The molecule has 0 spiro atoms. The first-order valence-electron chi connectivity index (χ1n) is 5.18. The molecule has 0 aromatic carbocycles. The van der Waals surface area contributed by atoms with Crippen molar-refractivity contribution >= 4 is 11.7 Å². The summed E-state index contributed by atoms with van der Waals surface area (Å²) in [5.74, 6) is 0.436. The zero-order valence-corrected chi connectivity index (χ0v) is 9.06. The summed E-state index contributed by atoms with van der Waals surface area (Å²) in [5, 5.41) is 5.69. The smallest absolute Gasteiger partial charge is 0.271 e. The summed E-state index contributed by atoms with van der Waals surface area (Å²) in [6.07, 6.45) is 3.84. The van der Waals surface area contributed by atoms with Crippen LogP contribution in [0.2, 0.25) is 0 Å². The number of hydrogen-bond donors (Lipinski definition) is 2. The number of anilines is 1. The van der Waals surface area contributed by atoms with Gasteiger partial charge in [0.15, 0.2) is 0 Å². The Morgan fingerprint density at radius 2 is 2.38 bits per heavy atom. The summed E-state index contributed by atoms with van der Waals surface area (Å²) in [5.41, 5.74) is 0.325. The molecule has 1 aromatic rings. The van der Waals surface area contributed by atoms with Crippen LogP contribution in [0, 0.1) is 0 Å². The maximum Gasteiger partial charge on any atom is 0.271 e. The molecule has 1 aliphatic rings. The average Bonchev–Trinajstić information content (AvgIpc) is 2.82. The summed E-state index contributed by atoms with van der Waals surface area (Å²) in [4.78, 5) is 19.8. The molecule has 2 heterocycles. The topological polar surface area (TPSA) is 76.1 Å². The lowest BCUT2D eigenvalue weighted by Gasteiger charge is -2.09. The van der Waals surface area contributed by atoms with Gasteiger partial charge in [-0.3, -0.25) is 4.79 Å². The lowest BCUT2D eigenvalue weighted by atomic mass is 10.2. The van der Waals surface area contributed by atoms with Gasteiger partial charge in [0, 0.05) is 13.7 Å². The molecular formula is C10H14N4O2. The van der Waals surface area contributed by atoms with E-state index in [1.807, 2.05) is 0 Å². The second-order valence-corrected chi connectivity index (χ2v) is 3.57. The second-order valence-electron chi connectivity index (χ2n) is 3.57. The maximum atomic E-state index is 11.7. The Labute approximate surface area is 93.4 Å². The Bertz CT molecular complexity index is 360. The molecule has 0 bridgehead atoms. The Morgan fingerprint density at radius 1 is 1.50 bits per heavy atom. The van der Waals surface area contributed by atoms with E-state index in [-0.39, 0.29) is 11.9 Å². The molecule has 2 rings (SSSR count). The summed E-state index contributed by atoms with van der Waals surface area (Å²) in [6, 6.07) is 0.0956. The van der Waals surface area contributed by atoms with Gasteiger partial charge in [-0.25, -0.2) is 9.97 Å². The van der Waals surface area contributed by atoms with Gasteiger partial charge < -0.3 is 15.4 Å². The van der Waals surface area contributed by atoms with Crippen LogP contribution in [0.3, 0.4) is 0 Å². The first-order chi connectivity index (χ1) is 7.79. The minimum atomic E-state index is -0.203. The van der Waals surface area contributed by atoms with Gasteiger partial charge in [-0.1, -0.05) is 0 Å². The van der Waals surface area contributed by atoms with Gasteiger partial charge in [-0.2, -0.15) is 0 Å². The van der Waals surface area contributed by atoms with Crippen LogP contribution < -0.4 is 10.6 Å². The normalized spacial score (nSPS) is 19.4. The largest absolute Gasteiger partial charge is 0.379 e. The molecule has 0 saturated carbocycles. The number of nitrogens with zero attached hydrogens (tertiary/aromatic N) is 2. The predicted octanol–water partition coefficient (Wildman–Crippen LogP) is 0.0370. The van der Waals surface area contributed by atoms with Crippen LogP contribution in [0.15, 0.2) is 12.4 Å². The Morgan fingerprint density at radius 3 is 2.94 bits per heavy atom. The number of nitrogens with one attached hydrogen (secondary N) is 2. The van der Waals surface area contributed by atoms with E-state index in [0.29, 0.717) is 24.7 Å². The standard InChI is InChI=1S/C10H14N4O2/c1-11-9-5-12-8(4-13-9)10(15)14-7-2-3-16-6-7/h4-5,7H,2-3,6H2,1H3,(H,11,13)(H,14,15). The molecule has 16 heavy (non-hydrogen) atoms. The minimum absolute atomic E-state index is 0.0956. The highest BCUT2D eigenvalue weighted by Gasteiger charge is 2.19. The van der Waals surface area contributed by atoms with Crippen molar-refractivity contribution in [1.82, 2.24) is 15.3 Å². The summed E-state index contributed by atoms with van der Waals surface area (Å²) in [6.45, 7) is 1.28. The van der Waals surface area contributed by atoms with Crippen LogP contribution in [0.5, 0.6) is 0 Å². The molecule has 1 saturated heterocycles. The number of amides is 1. The van der Waals surface area contributed by atoms with Crippen LogP contribution >= 0.6 is 0 Å². The summed E-state index contributed by atoms with van der Waals surface area (Å²) in [7, 11) is 1.75. The van der Waals surface area contributed by atoms with Crippen LogP contribution in [0.4, 0.5) is 5.82 Å². The maximum absolute atomic E-state index is 11.7. The van der Waals surface area contributed by atoms with Gasteiger partial charge in [-0.05, 0) is 6.42 Å². The third-order valence-corrected chi connectivity index (χ3v) is 2.41. The quantitative estimate of drug-likeness (QED) is 0.755. The van der Waals surface area contributed by atoms with Gasteiger partial charge in [0.05, 0.1) is 25.0 Å². The van der Waals surface area contributed by atoms with Crippen LogP contribution in [0.1, 0.15) is 16.9 Å². The zero-order valence-electron chi connectivity index (χ0n) is 9.06. The lowest BCUT2D eigenvalue weighted by molar-refractivity contribution is 0.0924. The number of ether oxygens (including phenoxy) is 1. The third kappa shape index (κ3) is 2.46. The molecule has 86 valence electrons. The van der Waals surface area contributed by atoms with Crippen LogP contribution in [-0.2, 0) is 4.74 Å². The Kier molecular flexibility index (Phi) is 3.31. The highest BCUT2D eigenvalue weighted by molar-refractivity contribution is 5.92. The first kappa shape index (κ1) is 10.8. The number of aromatic nitrogens is 2. The molecule has 1 atom stereocenters. The fourth-order valence-electron chi connectivity index (χ4n) is 1.48. The van der Waals surface area contributed by atoms with Crippen molar-refractivity contribution < 1.29 is 9.53 Å². The molecule has 6 nitrogen and oxygen atoms in total. The van der Waals surface area contributed by atoms with Crippen molar-refractivity contribution in [1.29, 1.82) is 0 Å². The molecule has 1 aliphatic heterocycles. The van der Waals surface area contributed by atoms with Crippen molar-refractivity contribution in [2.24, 2.45) is 0 Å². The van der Waals surface area contributed by atoms with E-state index in [0.717, 1.165) is 6.42 Å². The molecular weight excluding hydrogens is 208 g/mol. The Hall–Kier alpha value is -1.69. The highest BCUT2D eigenvalue weighted by Crippen LogP contribution is 2.05. The third-order valence-electron chi connectivity index (χ3n) is 2.41. The molecule has 0 aliphatic carbocycles. The van der Waals surface area contributed by atoms with Gasteiger partial charge in [0.2, 0.25) is 0 Å². The van der Waals surface area contributed by atoms with E-state index < -0.39 is 0 Å². The van der Waals surface area contributed by atoms with E-state index >= 15 is 0 Å². The van der Waals surface area contributed by atoms with Crippen molar-refractivity contribution in [3.8, 4) is 0 Å². The number of rotatable bonds is 3. The fraction of sp³-hybridized carbons (Fsp3) is 0.500. The molecule has 0 radical (unpaired) electrons. The van der Waals surface area contributed by atoms with Crippen molar-refractivity contribution in [3.63, 3.8) is 0 Å². The zero-order chi connectivity index (χ0) is 11.4. The van der Waals surface area contributed by atoms with Gasteiger partial charge >= 0.3 is 0 Å². The molecule has 6 heteroatoms. The number of carbonyl (C=O) groups is 1. The average molecular weight is 222 g/mol. The Balaban J connectivity index is 1.97. The molecule has 1 unspecified atom stereocenters. The van der Waals surface area contributed by atoms with E-state index in [1.54, 1.807) is 7.05 Å². The van der Waals surface area contributed by atoms with Crippen molar-refractivity contribution in [2.45, 2.75) is 12.5 Å². The minimum Gasteiger partial charge on any atom is -0.379 e. The van der Waals surface area contributed by atoms with Crippen LogP contribution in [-0.4, -0.2) is 42.2 Å². The summed E-state index contributed by atoms with van der Waals surface area (Å²) >= 11 is 0. The van der Waals surface area contributed by atoms with Crippen molar-refractivity contribution in [3.05, 3.63) is 18.1 Å². The summed E-state index contributed by atoms with van der Waals surface area (Å²) < 4.78 is 5.17. The van der Waals surface area contributed by atoms with E-state index in [2.05, 4.69) is 20.6 Å². The van der Waals surface area contributed by atoms with Gasteiger partial charge in [-0.15, -0.1) is 0 Å². The first-order valence-corrected chi connectivity index (χ1v) is 5.18. The number of hydrogen-bond acceptors (Lipinski definition) is 5. The SMILES string of the molecule is CNc1cnc(C(=O)NC2CCOC2)cn1. The monoisotopic (exact) mass is 222 g/mol. The lowest BCUT2D eigenvalue weighted by Crippen LogP contribution is -2.35. The molecule has 1 amide bonds. The highest BCUT2D eigenvalue weighted by atomic mass is 16.5. The van der Waals surface area contributed by atoms with E-state index in [4.69, 9.17) is 4.74 Å². The van der Waals surface area contributed by atoms with Gasteiger partial charge in [0.25, 0.3) is 5.91 Å². The molecule has 1 aromatic heterocycles. The van der Waals surface area contributed by atoms with Crippen molar-refractivity contribution in [2.75, 3.05) is 25.6 Å². The predicted molar refractivity (Wildman–Crippen MR) is 58.3 cm³/mol. The van der Waals surface area contributed by atoms with E-state index in [1.165, 1.54) is 12.4 Å². The van der Waals surface area contributed by atoms with E-state index in [9.17, 15) is 4.79 Å². The van der Waals surface area contributed by atoms with Gasteiger partial charge in [0.1, 0.15) is 11.5 Å². The van der Waals surface area contributed by atoms with Crippen LogP contribution in [0.25, 0.3) is 0 Å². The second kappa shape index (κ2) is 4.89. The molecule has 1 fully saturated rings.